The summed E-state index contributed by atoms with van der Waals surface area (Å²) in [5.41, 5.74) is 20.7. The Morgan fingerprint density at radius 3 is 1.40 bits per heavy atom. The van der Waals surface area contributed by atoms with Crippen LogP contribution in [0.3, 0.4) is 0 Å². The van der Waals surface area contributed by atoms with Crippen molar-refractivity contribution in [2.75, 3.05) is 57.7 Å². The van der Waals surface area contributed by atoms with Crippen molar-refractivity contribution in [2.24, 2.45) is 17.8 Å². The highest BCUT2D eigenvalue weighted by atomic mass is 35.5. The number of Topliss-reactive ketones (excluding diaryl/α,β-unsaturated/α-hetero) is 3. The van der Waals surface area contributed by atoms with Crippen LogP contribution < -0.4 is 10.6 Å². The molecule has 5 aliphatic heterocycles. The Hall–Kier alpha value is -7.04. The Kier molecular flexibility index (Phi) is 34.7. The number of benzene rings is 1. The van der Waals surface area contributed by atoms with Crippen molar-refractivity contribution in [1.29, 1.82) is 11.1 Å². The molecule has 30 heteroatoms. The number of urea groups is 1. The first-order chi connectivity index (χ1) is 48.5. The van der Waals surface area contributed by atoms with Crippen molar-refractivity contribution >= 4 is 88.2 Å². The van der Waals surface area contributed by atoms with Crippen LogP contribution in [0.25, 0.3) is 0 Å². The number of amides is 5. The number of piperidine rings is 2. The zero-order valence-electron chi connectivity index (χ0n) is 62.6. The van der Waals surface area contributed by atoms with Crippen LogP contribution in [-0.4, -0.2) is 177 Å². The van der Waals surface area contributed by atoms with Crippen LogP contribution in [0.4, 0.5) is 24.9 Å². The first-order valence-corrected chi connectivity index (χ1v) is 37.5. The number of rotatable bonds is 7. The summed E-state index contributed by atoms with van der Waals surface area (Å²) in [6.45, 7) is 24.8. The average Bonchev–Trinajstić information content (AvgIpc) is 1.70. The van der Waals surface area contributed by atoms with E-state index < -0.39 is 28.8 Å². The number of ether oxygens (including phenoxy) is 3. The lowest BCUT2D eigenvalue weighted by molar-refractivity contribution is -0.139. The number of anilines is 1. The molecule has 3 aromatic heterocycles. The highest BCUT2D eigenvalue weighted by Gasteiger charge is 2.41. The van der Waals surface area contributed by atoms with Crippen LogP contribution in [0.5, 0.6) is 0 Å². The predicted octanol–water partition coefficient (Wildman–Crippen LogP) is 14.0. The third-order valence-electron chi connectivity index (χ3n) is 19.6. The normalized spacial score (nSPS) is 19.2. The predicted molar refractivity (Wildman–Crippen MR) is 401 cm³/mol. The fourth-order valence-corrected chi connectivity index (χ4v) is 13.2. The molecule has 0 spiro atoms. The average molecular weight is 1520 g/mol. The van der Waals surface area contributed by atoms with Gasteiger partial charge in [0.2, 0.25) is 5.24 Å². The Morgan fingerprint density at radius 1 is 0.587 bits per heavy atom. The maximum Gasteiger partial charge on any atom is 0.410 e. The highest BCUT2D eigenvalue weighted by Crippen LogP contribution is 2.42. The minimum Gasteiger partial charge on any atom is -0.444 e. The molecule has 2 saturated heterocycles. The topological polar surface area (TPSA) is 387 Å². The Bertz CT molecular complexity index is 3450. The van der Waals surface area contributed by atoms with E-state index >= 15 is 0 Å². The summed E-state index contributed by atoms with van der Waals surface area (Å²) < 4.78 is 16.0. The van der Waals surface area contributed by atoms with Gasteiger partial charge in [0.05, 0.1) is 36.1 Å². The number of H-pyrrole nitrogens is 3. The summed E-state index contributed by atoms with van der Waals surface area (Å²) in [6, 6.07) is 7.14. The maximum absolute atomic E-state index is 12.5. The van der Waals surface area contributed by atoms with Crippen LogP contribution in [0.15, 0.2) is 24.3 Å². The number of aromatic nitrogens is 6. The number of nitrogens with one attached hydrogen (secondary N) is 7. The number of hydrogen-bond donors (Lipinski definition) is 8. The minimum atomic E-state index is -0.637. The number of carbonyl (C=O) groups is 8. The zero-order chi connectivity index (χ0) is 74.5. The fourth-order valence-electron chi connectivity index (χ4n) is 12.8. The minimum absolute atomic E-state index is 0. The molecule has 5 amide bonds. The van der Waals surface area contributed by atoms with E-state index in [0.29, 0.717) is 75.5 Å². The van der Waals surface area contributed by atoms with Crippen LogP contribution in [0, 0.1) is 28.8 Å². The molecule has 0 radical (unpaired) electrons. The number of aliphatic hydroxyl groups excluding tert-OH is 1. The lowest BCUT2D eigenvalue weighted by atomic mass is 9.75. The molecule has 27 nitrogen and oxygen atoms in total. The van der Waals surface area contributed by atoms with Gasteiger partial charge >= 0.3 is 24.3 Å². The molecule has 1 atom stereocenters. The van der Waals surface area contributed by atoms with Crippen molar-refractivity contribution < 1.29 is 64.6 Å². The molecule has 1 aromatic carbocycles. The number of likely N-dealkylation sites (tertiary alicyclic amines) is 2. The highest BCUT2D eigenvalue weighted by molar-refractivity contribution is 6.64. The summed E-state index contributed by atoms with van der Waals surface area (Å²) in [5, 5.41) is 37.3. The Balaban J connectivity index is 0.000000268. The van der Waals surface area contributed by atoms with Crippen LogP contribution in [-0.2, 0) is 72.3 Å². The number of nitrogens with zero attached hydrogens (tertiary/aromatic N) is 7. The van der Waals surface area contributed by atoms with E-state index in [1.54, 1.807) is 49.6 Å². The third-order valence-corrected chi connectivity index (χ3v) is 20.1. The third kappa shape index (κ3) is 26.2. The second-order valence-electron chi connectivity index (χ2n) is 30.8. The van der Waals surface area contributed by atoms with Gasteiger partial charge in [0.15, 0.2) is 0 Å². The fraction of sp³-hybridized carbons (Fsp3) is 0.689. The van der Waals surface area contributed by atoms with E-state index in [1.807, 2.05) is 58.6 Å². The van der Waals surface area contributed by atoms with Crippen LogP contribution >= 0.6 is 35.6 Å². The van der Waals surface area contributed by atoms with Gasteiger partial charge in [-0.05, 0) is 163 Å². The molecule has 10 N–H and O–H groups in total. The smallest absolute Gasteiger partial charge is 0.410 e. The van der Waals surface area contributed by atoms with E-state index in [1.165, 1.54) is 120 Å². The first kappa shape index (κ1) is 87.6. The molecule has 5 aliphatic carbocycles. The van der Waals surface area contributed by atoms with Gasteiger partial charge in [-0.3, -0.25) is 34.5 Å². The van der Waals surface area contributed by atoms with Crippen molar-refractivity contribution in [1.82, 2.24) is 55.5 Å². The number of carbonyl (C=O) groups excluding carboxylic acids is 8. The van der Waals surface area contributed by atoms with E-state index in [-0.39, 0.29) is 91.5 Å². The van der Waals surface area contributed by atoms with E-state index in [2.05, 4.69) is 41.2 Å². The van der Waals surface area contributed by atoms with Gasteiger partial charge in [-0.15, -0.1) is 12.4 Å². The van der Waals surface area contributed by atoms with Gasteiger partial charge in [0.1, 0.15) is 34.2 Å². The van der Waals surface area contributed by atoms with Crippen LogP contribution in [0.1, 0.15) is 255 Å². The quantitative estimate of drug-likeness (QED) is 0.0369. The number of aromatic amines is 3. The molecular weight excluding hydrogens is 1400 g/mol. The number of ketones is 3. The number of hydrogen-bond acceptors (Lipinski definition) is 18. The molecular formula is C74H117Cl3N14O13. The lowest BCUT2D eigenvalue weighted by Crippen LogP contribution is -2.50. The number of aliphatic hydroxyl groups is 1. The molecule has 10 aliphatic rings. The molecule has 4 aromatic rings. The van der Waals surface area contributed by atoms with E-state index in [9.17, 15) is 38.4 Å². The molecule has 8 heterocycles. The molecule has 582 valence electrons. The lowest BCUT2D eigenvalue weighted by Gasteiger charge is -2.35. The molecule has 1 unspecified atom stereocenters. The molecule has 104 heavy (non-hydrogen) atoms. The number of halogens is 3. The summed E-state index contributed by atoms with van der Waals surface area (Å²) in [6.07, 6.45) is 20.6. The molecule has 7 fully saturated rings. The van der Waals surface area contributed by atoms with E-state index in [0.717, 1.165) is 76.1 Å². The second-order valence-corrected chi connectivity index (χ2v) is 31.6. The monoisotopic (exact) mass is 1510 g/mol. The van der Waals surface area contributed by atoms with Gasteiger partial charge < -0.3 is 55.0 Å². The zero-order valence-corrected chi connectivity index (χ0v) is 65.0. The van der Waals surface area contributed by atoms with Gasteiger partial charge in [0, 0.05) is 173 Å². The van der Waals surface area contributed by atoms with Gasteiger partial charge in [0.25, 0.3) is 0 Å². The molecule has 5 saturated carbocycles. The van der Waals surface area contributed by atoms with Gasteiger partial charge in [-0.2, -0.15) is 15.3 Å². The van der Waals surface area contributed by atoms with Crippen molar-refractivity contribution in [3.05, 3.63) is 80.1 Å². The van der Waals surface area contributed by atoms with Crippen molar-refractivity contribution in [3.63, 3.8) is 0 Å². The Morgan fingerprint density at radius 2 is 0.990 bits per heavy atom. The molecule has 0 bridgehead atoms. The molecule has 14 rings (SSSR count). The Labute approximate surface area is 630 Å². The van der Waals surface area contributed by atoms with E-state index in [4.69, 9.17) is 53.6 Å². The van der Waals surface area contributed by atoms with Crippen molar-refractivity contribution in [2.45, 2.75) is 258 Å². The van der Waals surface area contributed by atoms with Gasteiger partial charge in [-0.25, -0.2) is 30.2 Å². The second kappa shape index (κ2) is 41.2. The SMILES string of the molecule is C1CC(c2n[nH]c3c2CNCC3)C1.CC(C)(C)OC(=O)N1CCC(=O)C(C(=O)C2CCC2)C1.CC(C)(C)OC(=O)N1CCC(=O)CC1.CC(C)(C)OC(=O)N1CCc2[nH]nc(C3CCC3)c2C1.CCO.Cl.N=N.O.O=C(Cl)C1CCC1.O=C(Nc1cccc(Cl)c1)N1CCc2[nH]nc(C3CCC3)c2C1.[HH]. The summed E-state index contributed by atoms with van der Waals surface area (Å²) in [5.74, 6) is 1.76. The van der Waals surface area contributed by atoms with Gasteiger partial charge in [-0.1, -0.05) is 49.8 Å². The number of fused-ring (bicyclic) bond motifs is 3. The largest absolute Gasteiger partial charge is 0.444 e. The van der Waals surface area contributed by atoms with Crippen LogP contribution in [0.2, 0.25) is 5.02 Å². The van der Waals surface area contributed by atoms with Crippen molar-refractivity contribution in [3.8, 4) is 0 Å². The summed E-state index contributed by atoms with van der Waals surface area (Å²) in [7, 11) is 0. The maximum atomic E-state index is 12.5. The first-order valence-electron chi connectivity index (χ1n) is 36.7. The standard InChI is InChI=1S/C17H19ClN4O.C15H23N3O2.C15H23NO4.C10H15N3.C10H17NO3.C5H7ClO.C2H6O.ClH.H2N2.H2O.H2/c18-12-5-2-6-13(9-12)19-17(23)22-8-7-15-14(10-22)16(21-20-15)11-3-1-4-11;1-15(2,3)20-14(19)18-8-7-12-11(9-18)13(17-16-12)10-5-4-6-10;1-15(2,3)20-14(19)16-8-7-12(17)11(9-16)13(18)10-5-4-6-10;1-2-7(3-1)10-8-6-11-5-4-9(8)12-13-10;1-10(2,3)14-9(13)11-6-4-8(12)5-7-11;6-5(7)4-2-1-3-4;1-2-3;;1-2;;/h2,5-6,9,11H,1,3-4,7-8,10H2,(H,19,23)(H,20,21);10H,4-9H2,1-3H3,(H,16,17);10-11H,4-9H2,1-3H3;7,11H,1-6H2,(H,12,13);4-7H2,1-3H3;4H,1-3H2;3H,2H2,1H3;1H;1-2H;1H2;1H. The summed E-state index contributed by atoms with van der Waals surface area (Å²) >= 11 is 11.1. The summed E-state index contributed by atoms with van der Waals surface area (Å²) in [4.78, 5) is 100.